The van der Waals surface area contributed by atoms with Crippen molar-refractivity contribution >= 4 is 46.0 Å². The van der Waals surface area contributed by atoms with E-state index in [0.717, 1.165) is 40.7 Å². The lowest BCUT2D eigenvalue weighted by Gasteiger charge is -2.19. The Morgan fingerprint density at radius 1 is 1.00 bits per heavy atom. The molecule has 1 atom stereocenters. The Hall–Kier alpha value is -3.95. The van der Waals surface area contributed by atoms with Gasteiger partial charge in [-0.15, -0.1) is 0 Å². The molecule has 5 aromatic rings. The van der Waals surface area contributed by atoms with Crippen LogP contribution in [0.3, 0.4) is 0 Å². The number of fused-ring (bicyclic) bond motifs is 1. The number of alkyl halides is 3. The van der Waals surface area contributed by atoms with Crippen molar-refractivity contribution < 1.29 is 22.7 Å². The maximum absolute atomic E-state index is 13.7. The quantitative estimate of drug-likeness (QED) is 0.186. The molecule has 1 N–H and O–H groups in total. The Labute approximate surface area is 237 Å². The maximum atomic E-state index is 13.7. The second-order valence-electron chi connectivity index (χ2n) is 8.74. The highest BCUT2D eigenvalue weighted by Crippen LogP contribution is 2.40. The van der Waals surface area contributed by atoms with Crippen LogP contribution in [0.4, 0.5) is 18.9 Å². The van der Waals surface area contributed by atoms with Crippen LogP contribution < -0.4 is 10.1 Å². The molecular weight excluding hydrogens is 559 g/mol. The number of para-hydroxylation sites is 2. The molecule has 1 unspecified atom stereocenters. The summed E-state index contributed by atoms with van der Waals surface area (Å²) >= 11 is 7.37. The molecule has 40 heavy (non-hydrogen) atoms. The number of aromatic nitrogens is 2. The minimum absolute atomic E-state index is 0.000196. The Bertz CT molecular complexity index is 1640. The van der Waals surface area contributed by atoms with Gasteiger partial charge in [-0.25, -0.2) is 4.98 Å². The van der Waals surface area contributed by atoms with Gasteiger partial charge in [0.25, 0.3) is 0 Å². The van der Waals surface area contributed by atoms with E-state index in [4.69, 9.17) is 21.3 Å². The summed E-state index contributed by atoms with van der Waals surface area (Å²) in [5.41, 5.74) is 2.00. The number of hydrogen-bond acceptors (Lipinski definition) is 4. The van der Waals surface area contributed by atoms with Crippen molar-refractivity contribution in [2.45, 2.75) is 23.5 Å². The number of halogens is 4. The number of ether oxygens (including phenoxy) is 1. The second-order valence-corrected chi connectivity index (χ2v) is 10.2. The van der Waals surface area contributed by atoms with Crippen LogP contribution in [0.5, 0.6) is 5.75 Å². The Kier molecular flexibility index (Phi) is 8.04. The third kappa shape index (κ3) is 5.95. The van der Waals surface area contributed by atoms with Gasteiger partial charge in [0.15, 0.2) is 5.16 Å². The normalized spacial score (nSPS) is 12.3. The van der Waals surface area contributed by atoms with Gasteiger partial charge in [-0.05, 0) is 67.1 Å². The van der Waals surface area contributed by atoms with Gasteiger partial charge >= 0.3 is 6.18 Å². The zero-order chi connectivity index (χ0) is 28.3. The summed E-state index contributed by atoms with van der Waals surface area (Å²) in [6, 6.07) is 26.9. The number of anilines is 1. The second kappa shape index (κ2) is 11.7. The van der Waals surface area contributed by atoms with Crippen molar-refractivity contribution in [2.24, 2.45) is 0 Å². The number of amides is 1. The van der Waals surface area contributed by atoms with Crippen LogP contribution in [-0.4, -0.2) is 22.1 Å². The molecule has 0 bridgehead atoms. The van der Waals surface area contributed by atoms with Crippen molar-refractivity contribution in [1.82, 2.24) is 9.55 Å². The molecule has 5 nitrogen and oxygen atoms in total. The minimum atomic E-state index is -4.58. The largest absolute Gasteiger partial charge is 0.494 e. The molecule has 10 heteroatoms. The van der Waals surface area contributed by atoms with E-state index < -0.39 is 22.9 Å². The average Bonchev–Trinajstić information content (AvgIpc) is 3.31. The van der Waals surface area contributed by atoms with E-state index in [2.05, 4.69) is 5.32 Å². The van der Waals surface area contributed by atoms with Crippen LogP contribution in [0.2, 0.25) is 5.02 Å². The number of imidazole rings is 1. The molecule has 0 radical (unpaired) electrons. The first-order chi connectivity index (χ1) is 19.2. The monoisotopic (exact) mass is 581 g/mol. The first-order valence-corrected chi connectivity index (χ1v) is 13.6. The standard InChI is InChI=1S/C30H23ClF3N3O2S/c1-2-39-22-15-13-21(14-16-22)37-26-11-7-6-10-24(26)36-29(37)40-27(19-8-4-3-5-9-19)28(38)35-25-18-20(30(32,33)34)12-17-23(25)31/h3-18,27H,2H2,1H3,(H,35,38). The van der Waals surface area contributed by atoms with Crippen LogP contribution >= 0.6 is 23.4 Å². The van der Waals surface area contributed by atoms with E-state index >= 15 is 0 Å². The van der Waals surface area contributed by atoms with Crippen molar-refractivity contribution in [3.05, 3.63) is 113 Å². The summed E-state index contributed by atoms with van der Waals surface area (Å²) in [7, 11) is 0. The number of nitrogens with one attached hydrogen (secondary N) is 1. The van der Waals surface area contributed by atoms with Gasteiger partial charge < -0.3 is 10.1 Å². The highest BCUT2D eigenvalue weighted by atomic mass is 35.5. The lowest BCUT2D eigenvalue weighted by molar-refractivity contribution is -0.137. The summed E-state index contributed by atoms with van der Waals surface area (Å²) in [4.78, 5) is 18.5. The van der Waals surface area contributed by atoms with Gasteiger partial charge in [-0.3, -0.25) is 9.36 Å². The molecule has 1 amide bonds. The van der Waals surface area contributed by atoms with Gasteiger partial charge in [0.2, 0.25) is 5.91 Å². The molecule has 0 aliphatic heterocycles. The Morgan fingerprint density at radius 2 is 1.70 bits per heavy atom. The number of thioether (sulfide) groups is 1. The molecule has 1 aromatic heterocycles. The molecule has 5 rings (SSSR count). The van der Waals surface area contributed by atoms with Gasteiger partial charge in [0.05, 0.1) is 33.9 Å². The zero-order valence-electron chi connectivity index (χ0n) is 21.2. The van der Waals surface area contributed by atoms with E-state index in [1.54, 1.807) is 24.3 Å². The molecule has 4 aromatic carbocycles. The topological polar surface area (TPSA) is 56.1 Å². The molecule has 204 valence electrons. The fraction of sp³-hybridized carbons (Fsp3) is 0.133. The highest BCUT2D eigenvalue weighted by Gasteiger charge is 2.32. The Morgan fingerprint density at radius 3 is 2.40 bits per heavy atom. The molecule has 0 spiro atoms. The number of rotatable bonds is 8. The molecule has 1 heterocycles. The number of nitrogens with zero attached hydrogens (tertiary/aromatic N) is 2. The predicted octanol–water partition coefficient (Wildman–Crippen LogP) is 8.57. The van der Waals surface area contributed by atoms with Crippen molar-refractivity contribution in [2.75, 3.05) is 11.9 Å². The van der Waals surface area contributed by atoms with E-state index in [0.29, 0.717) is 17.3 Å². The van der Waals surface area contributed by atoms with Gasteiger partial charge in [-0.1, -0.05) is 65.8 Å². The van der Waals surface area contributed by atoms with E-state index in [1.165, 1.54) is 11.8 Å². The average molecular weight is 582 g/mol. The maximum Gasteiger partial charge on any atom is 0.416 e. The van der Waals surface area contributed by atoms with Gasteiger partial charge in [-0.2, -0.15) is 13.2 Å². The molecule has 0 aliphatic carbocycles. The van der Waals surface area contributed by atoms with Gasteiger partial charge in [0.1, 0.15) is 11.0 Å². The Balaban J connectivity index is 1.55. The van der Waals surface area contributed by atoms with Crippen molar-refractivity contribution in [1.29, 1.82) is 0 Å². The smallest absolute Gasteiger partial charge is 0.416 e. The summed E-state index contributed by atoms with van der Waals surface area (Å²) in [6.45, 7) is 2.45. The molecule has 0 saturated carbocycles. The fourth-order valence-corrected chi connectivity index (χ4v) is 5.49. The molecule has 0 aliphatic rings. The van der Waals surface area contributed by atoms with Gasteiger partial charge in [0, 0.05) is 5.69 Å². The lowest BCUT2D eigenvalue weighted by Crippen LogP contribution is -2.20. The van der Waals surface area contributed by atoms with E-state index in [9.17, 15) is 18.0 Å². The molecular formula is C30H23ClF3N3O2S. The minimum Gasteiger partial charge on any atom is -0.494 e. The first-order valence-electron chi connectivity index (χ1n) is 12.3. The summed E-state index contributed by atoms with van der Waals surface area (Å²) in [5, 5.41) is 2.29. The highest BCUT2D eigenvalue weighted by molar-refractivity contribution is 8.00. The summed E-state index contributed by atoms with van der Waals surface area (Å²) < 4.78 is 47.6. The number of benzene rings is 4. The predicted molar refractivity (Wildman–Crippen MR) is 152 cm³/mol. The van der Waals surface area contributed by atoms with Crippen molar-refractivity contribution in [3.63, 3.8) is 0 Å². The summed E-state index contributed by atoms with van der Waals surface area (Å²) in [6.07, 6.45) is -4.58. The van der Waals surface area contributed by atoms with Crippen LogP contribution in [-0.2, 0) is 11.0 Å². The SMILES string of the molecule is CCOc1ccc(-n2c(SC(C(=O)Nc3cc(C(F)(F)F)ccc3Cl)c3ccccc3)nc3ccccc32)cc1. The lowest BCUT2D eigenvalue weighted by atomic mass is 10.1. The van der Waals surface area contributed by atoms with Crippen LogP contribution in [0.15, 0.2) is 102 Å². The third-order valence-electron chi connectivity index (χ3n) is 6.05. The van der Waals surface area contributed by atoms with Crippen LogP contribution in [0, 0.1) is 0 Å². The number of carbonyl (C=O) groups excluding carboxylic acids is 1. The summed E-state index contributed by atoms with van der Waals surface area (Å²) in [5.74, 6) is 0.187. The van der Waals surface area contributed by atoms with E-state index in [1.807, 2.05) is 66.1 Å². The molecule has 0 fully saturated rings. The molecule has 0 saturated heterocycles. The van der Waals surface area contributed by atoms with Crippen LogP contribution in [0.25, 0.3) is 16.7 Å². The fourth-order valence-electron chi connectivity index (χ4n) is 4.19. The van der Waals surface area contributed by atoms with E-state index in [-0.39, 0.29) is 10.7 Å². The van der Waals surface area contributed by atoms with Crippen molar-refractivity contribution in [3.8, 4) is 11.4 Å². The number of carbonyl (C=O) groups is 1. The number of hydrogen-bond donors (Lipinski definition) is 1. The zero-order valence-corrected chi connectivity index (χ0v) is 22.7. The first kappa shape index (κ1) is 27.6. The third-order valence-corrected chi connectivity index (χ3v) is 7.59. The van der Waals surface area contributed by atoms with Crippen LogP contribution in [0.1, 0.15) is 23.3 Å².